The van der Waals surface area contributed by atoms with Crippen LogP contribution >= 0.6 is 0 Å². The minimum atomic E-state index is -3.20. The zero-order valence-electron chi connectivity index (χ0n) is 11.1. The number of likely N-dealkylation sites (N-methyl/N-ethyl adjacent to an activating group) is 1. The molecule has 0 aliphatic rings. The van der Waals surface area contributed by atoms with Gasteiger partial charge in [0.15, 0.2) is 9.84 Å². The fraction of sp³-hybridized carbons (Fsp3) is 0.500. The third-order valence-corrected chi connectivity index (χ3v) is 3.91. The van der Waals surface area contributed by atoms with Crippen molar-refractivity contribution in [2.45, 2.75) is 11.8 Å². The van der Waals surface area contributed by atoms with Gasteiger partial charge in [0.05, 0.1) is 16.3 Å². The Labute approximate surface area is 109 Å². The van der Waals surface area contributed by atoms with Gasteiger partial charge in [-0.25, -0.2) is 8.42 Å². The average Bonchev–Trinajstić information content (AvgIpc) is 2.29. The van der Waals surface area contributed by atoms with E-state index in [0.717, 1.165) is 25.3 Å². The number of nitrogens with two attached hydrogens (primary N) is 1. The molecule has 0 saturated heterocycles. The van der Waals surface area contributed by atoms with Crippen LogP contribution in [-0.4, -0.2) is 46.3 Å². The average molecular weight is 271 g/mol. The molecular formula is C12H21N3O2S. The van der Waals surface area contributed by atoms with Crippen LogP contribution in [0.4, 0.5) is 11.4 Å². The molecule has 0 bridgehead atoms. The van der Waals surface area contributed by atoms with Crippen molar-refractivity contribution in [3.63, 3.8) is 0 Å². The maximum Gasteiger partial charge on any atom is 0.175 e. The molecule has 0 aliphatic heterocycles. The standard InChI is InChI=1S/C12H21N3O2S/c1-4-15(2)8-7-14-12-6-5-10(9-11(12)13)18(3,16)17/h5-6,9,14H,4,7-8,13H2,1-3H3. The molecule has 5 nitrogen and oxygen atoms in total. The van der Waals surface area contributed by atoms with Crippen LogP contribution in [0.15, 0.2) is 23.1 Å². The predicted molar refractivity (Wildman–Crippen MR) is 75.6 cm³/mol. The van der Waals surface area contributed by atoms with E-state index in [0.29, 0.717) is 5.69 Å². The van der Waals surface area contributed by atoms with Crippen LogP contribution in [-0.2, 0) is 9.84 Å². The van der Waals surface area contributed by atoms with Gasteiger partial charge in [-0.05, 0) is 31.8 Å². The Bertz CT molecular complexity index is 500. The molecule has 0 atom stereocenters. The van der Waals surface area contributed by atoms with Gasteiger partial charge < -0.3 is 16.0 Å². The third-order valence-electron chi connectivity index (χ3n) is 2.80. The van der Waals surface area contributed by atoms with Crippen LogP contribution in [0.2, 0.25) is 0 Å². The summed E-state index contributed by atoms with van der Waals surface area (Å²) in [7, 11) is -1.16. The largest absolute Gasteiger partial charge is 0.397 e. The van der Waals surface area contributed by atoms with E-state index < -0.39 is 9.84 Å². The van der Waals surface area contributed by atoms with Crippen molar-refractivity contribution in [3.8, 4) is 0 Å². The lowest BCUT2D eigenvalue weighted by molar-refractivity contribution is 0.367. The minimum absolute atomic E-state index is 0.247. The highest BCUT2D eigenvalue weighted by atomic mass is 32.2. The maximum absolute atomic E-state index is 11.4. The first-order valence-electron chi connectivity index (χ1n) is 5.86. The van der Waals surface area contributed by atoms with E-state index in [1.807, 2.05) is 7.05 Å². The van der Waals surface area contributed by atoms with E-state index in [1.54, 1.807) is 12.1 Å². The molecule has 0 spiro atoms. The molecule has 0 amide bonds. The molecule has 1 aromatic rings. The van der Waals surface area contributed by atoms with Crippen molar-refractivity contribution in [3.05, 3.63) is 18.2 Å². The van der Waals surface area contributed by atoms with Gasteiger partial charge in [0.1, 0.15) is 0 Å². The van der Waals surface area contributed by atoms with Crippen molar-refractivity contribution < 1.29 is 8.42 Å². The molecule has 0 radical (unpaired) electrons. The molecule has 6 heteroatoms. The monoisotopic (exact) mass is 271 g/mol. The van der Waals surface area contributed by atoms with Crippen molar-refractivity contribution in [2.75, 3.05) is 44.0 Å². The van der Waals surface area contributed by atoms with Crippen LogP contribution < -0.4 is 11.1 Å². The zero-order chi connectivity index (χ0) is 13.8. The topological polar surface area (TPSA) is 75.4 Å². The Morgan fingerprint density at radius 1 is 1.39 bits per heavy atom. The van der Waals surface area contributed by atoms with Crippen LogP contribution in [0.1, 0.15) is 6.92 Å². The van der Waals surface area contributed by atoms with Gasteiger partial charge in [0.25, 0.3) is 0 Å². The van der Waals surface area contributed by atoms with Gasteiger partial charge in [0, 0.05) is 19.3 Å². The molecule has 1 rings (SSSR count). The fourth-order valence-electron chi connectivity index (χ4n) is 1.47. The quantitative estimate of drug-likeness (QED) is 0.756. The highest BCUT2D eigenvalue weighted by Gasteiger charge is 2.09. The van der Waals surface area contributed by atoms with Crippen LogP contribution in [0.3, 0.4) is 0 Å². The number of sulfone groups is 1. The van der Waals surface area contributed by atoms with Gasteiger partial charge in [-0.3, -0.25) is 0 Å². The summed E-state index contributed by atoms with van der Waals surface area (Å²) in [6, 6.07) is 4.76. The lowest BCUT2D eigenvalue weighted by Crippen LogP contribution is -2.24. The number of hydrogen-bond acceptors (Lipinski definition) is 5. The highest BCUT2D eigenvalue weighted by Crippen LogP contribution is 2.22. The minimum Gasteiger partial charge on any atom is -0.397 e. The second-order valence-electron chi connectivity index (χ2n) is 4.34. The van der Waals surface area contributed by atoms with Crippen molar-refractivity contribution in [2.24, 2.45) is 0 Å². The normalized spacial score (nSPS) is 11.8. The predicted octanol–water partition coefficient (Wildman–Crippen LogP) is 1.04. The second-order valence-corrected chi connectivity index (χ2v) is 6.36. The van der Waals surface area contributed by atoms with Gasteiger partial charge in [-0.15, -0.1) is 0 Å². The first-order chi connectivity index (χ1) is 8.34. The second kappa shape index (κ2) is 6.06. The van der Waals surface area contributed by atoms with Crippen LogP contribution in [0.25, 0.3) is 0 Å². The summed E-state index contributed by atoms with van der Waals surface area (Å²) in [5, 5.41) is 3.20. The Balaban J connectivity index is 2.69. The van der Waals surface area contributed by atoms with E-state index in [-0.39, 0.29) is 4.90 Å². The number of nitrogens with zero attached hydrogens (tertiary/aromatic N) is 1. The molecule has 1 aromatic carbocycles. The SMILES string of the molecule is CCN(C)CCNc1ccc(S(C)(=O)=O)cc1N. The van der Waals surface area contributed by atoms with Crippen molar-refractivity contribution in [1.82, 2.24) is 4.90 Å². The number of benzene rings is 1. The number of nitrogens with one attached hydrogen (secondary N) is 1. The lowest BCUT2D eigenvalue weighted by atomic mass is 10.2. The molecule has 0 heterocycles. The van der Waals surface area contributed by atoms with E-state index >= 15 is 0 Å². The first-order valence-corrected chi connectivity index (χ1v) is 7.75. The summed E-state index contributed by atoms with van der Waals surface area (Å²) in [6.45, 7) is 4.76. The molecule has 3 N–H and O–H groups in total. The van der Waals surface area contributed by atoms with Crippen molar-refractivity contribution >= 4 is 21.2 Å². The molecule has 18 heavy (non-hydrogen) atoms. The summed E-state index contributed by atoms with van der Waals surface area (Å²) < 4.78 is 22.7. The van der Waals surface area contributed by atoms with Gasteiger partial charge >= 0.3 is 0 Å². The van der Waals surface area contributed by atoms with Gasteiger partial charge in [0.2, 0.25) is 0 Å². The summed E-state index contributed by atoms with van der Waals surface area (Å²) in [5.41, 5.74) is 7.05. The summed E-state index contributed by atoms with van der Waals surface area (Å²) in [5.74, 6) is 0. The van der Waals surface area contributed by atoms with Crippen LogP contribution in [0, 0.1) is 0 Å². The van der Waals surface area contributed by atoms with Gasteiger partial charge in [-0.2, -0.15) is 0 Å². The Morgan fingerprint density at radius 2 is 2.06 bits per heavy atom. The molecular weight excluding hydrogens is 250 g/mol. The third kappa shape index (κ3) is 4.19. The lowest BCUT2D eigenvalue weighted by Gasteiger charge is -2.15. The highest BCUT2D eigenvalue weighted by molar-refractivity contribution is 7.90. The Hall–Kier alpha value is -1.27. The summed E-state index contributed by atoms with van der Waals surface area (Å²) in [4.78, 5) is 2.42. The fourth-order valence-corrected chi connectivity index (χ4v) is 2.13. The number of anilines is 2. The molecule has 0 aliphatic carbocycles. The summed E-state index contributed by atoms with van der Waals surface area (Å²) >= 11 is 0. The molecule has 102 valence electrons. The smallest absolute Gasteiger partial charge is 0.175 e. The van der Waals surface area contributed by atoms with Crippen molar-refractivity contribution in [1.29, 1.82) is 0 Å². The molecule has 0 unspecified atom stereocenters. The maximum atomic E-state index is 11.4. The zero-order valence-corrected chi connectivity index (χ0v) is 11.9. The van der Waals surface area contributed by atoms with Crippen LogP contribution in [0.5, 0.6) is 0 Å². The summed E-state index contributed by atoms with van der Waals surface area (Å²) in [6.07, 6.45) is 1.17. The molecule has 0 saturated carbocycles. The first kappa shape index (κ1) is 14.8. The number of hydrogen-bond donors (Lipinski definition) is 2. The van der Waals surface area contributed by atoms with E-state index in [2.05, 4.69) is 17.1 Å². The van der Waals surface area contributed by atoms with E-state index in [4.69, 9.17) is 5.73 Å². The molecule has 0 aromatic heterocycles. The molecule has 0 fully saturated rings. The van der Waals surface area contributed by atoms with Gasteiger partial charge in [-0.1, -0.05) is 6.92 Å². The Morgan fingerprint density at radius 3 is 2.56 bits per heavy atom. The Kier molecular flexibility index (Phi) is 4.98. The van der Waals surface area contributed by atoms with E-state index in [9.17, 15) is 8.42 Å². The number of nitrogen functional groups attached to an aromatic ring is 1. The number of rotatable bonds is 6. The van der Waals surface area contributed by atoms with E-state index in [1.165, 1.54) is 12.3 Å².